The number of para-hydroxylation sites is 1. The van der Waals surface area contributed by atoms with Crippen LogP contribution in [0.4, 0.5) is 21.9 Å². The molecule has 0 aromatic heterocycles. The normalized spacial score (nSPS) is 13.5. The molecule has 0 radical (unpaired) electrons. The number of cyclic esters (lactones) is 1. The largest absolute Gasteiger partial charge is 0.447 e. The summed E-state index contributed by atoms with van der Waals surface area (Å²) < 4.78 is 33.3. The first-order chi connectivity index (χ1) is 15.7. The maximum absolute atomic E-state index is 12.9. The number of nitrogens with zero attached hydrogens (tertiary/aromatic N) is 1. The highest BCUT2D eigenvalue weighted by atomic mass is 35.5. The molecule has 0 unspecified atom stereocenters. The lowest BCUT2D eigenvalue weighted by atomic mass is 10.1. The van der Waals surface area contributed by atoms with E-state index >= 15 is 0 Å². The molecule has 0 saturated carbocycles. The van der Waals surface area contributed by atoms with Gasteiger partial charge in [0.2, 0.25) is 0 Å². The topological polar surface area (TPSA) is 105 Å². The Balaban J connectivity index is 1.52. The Morgan fingerprint density at radius 2 is 1.79 bits per heavy atom. The number of carbonyl (C=O) groups excluding carboxylic acids is 2. The number of nitrogens with one attached hydrogen (secondary N) is 2. The second kappa shape index (κ2) is 9.13. The Morgan fingerprint density at radius 3 is 2.45 bits per heavy atom. The molecule has 10 heteroatoms. The zero-order valence-corrected chi connectivity index (χ0v) is 19.1. The molecule has 0 atom stereocenters. The highest BCUT2D eigenvalue weighted by Crippen LogP contribution is 2.27. The summed E-state index contributed by atoms with van der Waals surface area (Å²) in [7, 11) is -3.94. The third-order valence-corrected chi connectivity index (χ3v) is 6.89. The minimum atomic E-state index is -3.94. The molecule has 1 saturated heterocycles. The summed E-state index contributed by atoms with van der Waals surface area (Å²) in [6, 6.07) is 17.6. The van der Waals surface area contributed by atoms with E-state index in [4.69, 9.17) is 16.3 Å². The Kier molecular flexibility index (Phi) is 6.26. The van der Waals surface area contributed by atoms with Crippen LogP contribution in [0.2, 0.25) is 5.02 Å². The number of aryl methyl sites for hydroxylation is 1. The van der Waals surface area contributed by atoms with Gasteiger partial charge < -0.3 is 10.1 Å². The Bertz CT molecular complexity index is 1330. The minimum Gasteiger partial charge on any atom is -0.447 e. The van der Waals surface area contributed by atoms with Gasteiger partial charge in [-0.1, -0.05) is 29.8 Å². The standard InChI is InChI=1S/C23H20ClN3O5S/c1-15-6-9-17(14-21(15)33(30,31)26-20-5-3-2-4-19(20)24)25-22(28)16-7-10-18(11-8-16)27-12-13-32-23(27)29/h2-11,14,26H,12-13H2,1H3,(H,25,28). The van der Waals surface area contributed by atoms with Crippen molar-refractivity contribution in [1.82, 2.24) is 0 Å². The van der Waals surface area contributed by atoms with Gasteiger partial charge >= 0.3 is 6.09 Å². The van der Waals surface area contributed by atoms with E-state index in [0.717, 1.165) is 0 Å². The van der Waals surface area contributed by atoms with Crippen LogP contribution >= 0.6 is 11.6 Å². The first-order valence-electron chi connectivity index (χ1n) is 9.98. The third-order valence-electron chi connectivity index (χ3n) is 5.06. The van der Waals surface area contributed by atoms with Crippen molar-refractivity contribution in [3.8, 4) is 0 Å². The number of carbonyl (C=O) groups is 2. The SMILES string of the molecule is Cc1ccc(NC(=O)c2ccc(N3CCOC3=O)cc2)cc1S(=O)(=O)Nc1ccccc1Cl. The smallest absolute Gasteiger partial charge is 0.414 e. The number of halogens is 1. The van der Waals surface area contributed by atoms with E-state index in [1.54, 1.807) is 67.6 Å². The molecule has 8 nitrogen and oxygen atoms in total. The summed E-state index contributed by atoms with van der Waals surface area (Å²) in [4.78, 5) is 25.9. The van der Waals surface area contributed by atoms with Crippen molar-refractivity contribution in [1.29, 1.82) is 0 Å². The summed E-state index contributed by atoms with van der Waals surface area (Å²) in [6.07, 6.45) is -0.425. The summed E-state index contributed by atoms with van der Waals surface area (Å²) in [6.45, 7) is 2.44. The highest BCUT2D eigenvalue weighted by Gasteiger charge is 2.24. The lowest BCUT2D eigenvalue weighted by molar-refractivity contribution is 0.102. The van der Waals surface area contributed by atoms with Crippen molar-refractivity contribution in [3.63, 3.8) is 0 Å². The zero-order chi connectivity index (χ0) is 23.6. The molecule has 4 rings (SSSR count). The molecular weight excluding hydrogens is 466 g/mol. The van der Waals surface area contributed by atoms with E-state index < -0.39 is 22.0 Å². The summed E-state index contributed by atoms with van der Waals surface area (Å²) in [5.74, 6) is -0.420. The number of benzene rings is 3. The van der Waals surface area contributed by atoms with Crippen LogP contribution < -0.4 is 14.9 Å². The van der Waals surface area contributed by atoms with E-state index in [-0.39, 0.29) is 15.6 Å². The van der Waals surface area contributed by atoms with E-state index in [2.05, 4.69) is 10.0 Å². The predicted molar refractivity (Wildman–Crippen MR) is 127 cm³/mol. The average Bonchev–Trinajstić information content (AvgIpc) is 3.22. The maximum atomic E-state index is 12.9. The van der Waals surface area contributed by atoms with Crippen LogP contribution in [0, 0.1) is 6.92 Å². The number of rotatable bonds is 6. The molecule has 1 aliphatic heterocycles. The maximum Gasteiger partial charge on any atom is 0.414 e. The summed E-state index contributed by atoms with van der Waals surface area (Å²) in [5, 5.41) is 2.98. The third kappa shape index (κ3) is 4.94. The summed E-state index contributed by atoms with van der Waals surface area (Å²) >= 11 is 6.07. The van der Waals surface area contributed by atoms with Crippen molar-refractivity contribution < 1.29 is 22.7 Å². The molecule has 0 spiro atoms. The molecule has 1 fully saturated rings. The lowest BCUT2D eigenvalue weighted by Gasteiger charge is -2.14. The molecule has 0 bridgehead atoms. The Morgan fingerprint density at radius 1 is 1.06 bits per heavy atom. The summed E-state index contributed by atoms with van der Waals surface area (Å²) in [5.41, 5.74) is 2.07. The van der Waals surface area contributed by atoms with Crippen molar-refractivity contribution in [3.05, 3.63) is 82.9 Å². The molecular formula is C23H20ClN3O5S. The second-order valence-corrected chi connectivity index (χ2v) is 9.39. The predicted octanol–water partition coefficient (Wildman–Crippen LogP) is 4.66. The Hall–Kier alpha value is -3.56. The highest BCUT2D eigenvalue weighted by molar-refractivity contribution is 7.92. The van der Waals surface area contributed by atoms with Gasteiger partial charge in [0.05, 0.1) is 22.2 Å². The number of hydrogen-bond acceptors (Lipinski definition) is 5. The van der Waals surface area contributed by atoms with Gasteiger partial charge in [-0.2, -0.15) is 0 Å². The monoisotopic (exact) mass is 485 g/mol. The first kappa shape index (κ1) is 22.6. The van der Waals surface area contributed by atoms with Gasteiger partial charge in [0, 0.05) is 16.9 Å². The molecule has 33 heavy (non-hydrogen) atoms. The number of anilines is 3. The fraction of sp³-hybridized carbons (Fsp3) is 0.130. The molecule has 2 N–H and O–H groups in total. The molecule has 3 aromatic carbocycles. The van der Waals surface area contributed by atoms with Crippen LogP contribution in [0.15, 0.2) is 71.6 Å². The lowest BCUT2D eigenvalue weighted by Crippen LogP contribution is -2.23. The fourth-order valence-electron chi connectivity index (χ4n) is 3.34. The number of sulfonamides is 1. The zero-order valence-electron chi connectivity index (χ0n) is 17.5. The first-order valence-corrected chi connectivity index (χ1v) is 11.8. The van der Waals surface area contributed by atoms with Crippen molar-refractivity contribution in [2.75, 3.05) is 28.1 Å². The van der Waals surface area contributed by atoms with Crippen LogP contribution in [-0.4, -0.2) is 33.6 Å². The van der Waals surface area contributed by atoms with Crippen molar-refractivity contribution in [2.24, 2.45) is 0 Å². The number of amides is 2. The van der Waals surface area contributed by atoms with E-state index in [9.17, 15) is 18.0 Å². The molecule has 170 valence electrons. The van der Waals surface area contributed by atoms with Crippen LogP contribution in [0.3, 0.4) is 0 Å². The van der Waals surface area contributed by atoms with Crippen LogP contribution in [0.25, 0.3) is 0 Å². The van der Waals surface area contributed by atoms with Crippen LogP contribution in [-0.2, 0) is 14.8 Å². The van der Waals surface area contributed by atoms with Gasteiger partial charge in [0.1, 0.15) is 6.61 Å². The van der Waals surface area contributed by atoms with Gasteiger partial charge in [-0.15, -0.1) is 0 Å². The molecule has 1 aliphatic rings. The van der Waals surface area contributed by atoms with E-state index in [0.29, 0.717) is 35.7 Å². The molecule has 1 heterocycles. The number of hydrogen-bond donors (Lipinski definition) is 2. The Labute approximate surface area is 196 Å². The van der Waals surface area contributed by atoms with E-state index in [1.165, 1.54) is 11.0 Å². The van der Waals surface area contributed by atoms with Gasteiger partial charge in [-0.3, -0.25) is 14.4 Å². The van der Waals surface area contributed by atoms with Crippen LogP contribution in [0.5, 0.6) is 0 Å². The van der Waals surface area contributed by atoms with E-state index in [1.807, 2.05) is 0 Å². The molecule has 3 aromatic rings. The molecule has 2 amide bonds. The van der Waals surface area contributed by atoms with Gasteiger partial charge in [0.15, 0.2) is 0 Å². The fourth-order valence-corrected chi connectivity index (χ4v) is 4.93. The van der Waals surface area contributed by atoms with Gasteiger partial charge in [-0.25, -0.2) is 13.2 Å². The average molecular weight is 486 g/mol. The van der Waals surface area contributed by atoms with Crippen LogP contribution in [0.1, 0.15) is 15.9 Å². The van der Waals surface area contributed by atoms with Crippen molar-refractivity contribution >= 4 is 50.7 Å². The van der Waals surface area contributed by atoms with Gasteiger partial charge in [-0.05, 0) is 61.0 Å². The van der Waals surface area contributed by atoms with Gasteiger partial charge in [0.25, 0.3) is 15.9 Å². The molecule has 0 aliphatic carbocycles. The number of ether oxygens (including phenoxy) is 1. The second-order valence-electron chi connectivity index (χ2n) is 7.33. The van der Waals surface area contributed by atoms with Crippen molar-refractivity contribution in [2.45, 2.75) is 11.8 Å². The minimum absolute atomic E-state index is 0.0168. The quantitative estimate of drug-likeness (QED) is 0.528.